The van der Waals surface area contributed by atoms with Crippen molar-refractivity contribution in [3.63, 3.8) is 0 Å². The molecule has 3 N–H and O–H groups in total. The maximum atomic E-state index is 12.2. The summed E-state index contributed by atoms with van der Waals surface area (Å²) in [6.45, 7) is 3.92. The molecule has 7 nitrogen and oxygen atoms in total. The molecule has 1 amide bonds. The molecule has 0 unspecified atom stereocenters. The van der Waals surface area contributed by atoms with E-state index in [-0.39, 0.29) is 30.0 Å². The van der Waals surface area contributed by atoms with Gasteiger partial charge in [0.05, 0.1) is 12.4 Å². The minimum absolute atomic E-state index is 0. The number of nitrogens with zero attached hydrogens (tertiary/aromatic N) is 2. The highest BCUT2D eigenvalue weighted by Crippen LogP contribution is 2.26. The number of thioether (sulfide) groups is 1. The Morgan fingerprint density at radius 1 is 1.38 bits per heavy atom. The number of rotatable bonds is 6. The molecule has 0 aliphatic heterocycles. The molecule has 0 aliphatic carbocycles. The summed E-state index contributed by atoms with van der Waals surface area (Å²) in [4.78, 5) is 23.5. The van der Waals surface area contributed by atoms with Crippen molar-refractivity contribution < 1.29 is 14.3 Å². The zero-order chi connectivity index (χ0) is 16.8. The van der Waals surface area contributed by atoms with E-state index in [4.69, 9.17) is 10.5 Å². The van der Waals surface area contributed by atoms with Gasteiger partial charge >= 0.3 is 5.97 Å². The number of nitrogen functional groups attached to an aromatic ring is 1. The van der Waals surface area contributed by atoms with E-state index in [9.17, 15) is 9.59 Å². The summed E-state index contributed by atoms with van der Waals surface area (Å²) < 4.78 is 5.41. The maximum Gasteiger partial charge on any atom is 0.316 e. The number of halogens is 1. The highest BCUT2D eigenvalue weighted by molar-refractivity contribution is 8.01. The van der Waals surface area contributed by atoms with Crippen molar-refractivity contribution in [2.45, 2.75) is 18.2 Å². The van der Waals surface area contributed by atoms with Crippen LogP contribution in [0.4, 0.5) is 10.8 Å². The summed E-state index contributed by atoms with van der Waals surface area (Å²) in [5.41, 5.74) is 7.52. The molecule has 10 heteroatoms. The van der Waals surface area contributed by atoms with Crippen LogP contribution in [0.25, 0.3) is 0 Å². The molecular weight excluding hydrogens is 372 g/mol. The van der Waals surface area contributed by atoms with Crippen LogP contribution in [-0.2, 0) is 9.53 Å². The lowest BCUT2D eigenvalue weighted by Gasteiger charge is -2.05. The number of aromatic nitrogens is 2. The van der Waals surface area contributed by atoms with E-state index in [0.29, 0.717) is 27.3 Å². The van der Waals surface area contributed by atoms with Gasteiger partial charge in [-0.3, -0.25) is 14.9 Å². The molecule has 1 aromatic heterocycles. The van der Waals surface area contributed by atoms with E-state index < -0.39 is 0 Å². The number of hydrogen-bond donors (Lipinski definition) is 2. The number of carbonyl (C=O) groups is 2. The van der Waals surface area contributed by atoms with Gasteiger partial charge in [-0.15, -0.1) is 22.6 Å². The van der Waals surface area contributed by atoms with Gasteiger partial charge in [-0.05, 0) is 31.5 Å². The Balaban J connectivity index is 0.00000288. The molecule has 0 bridgehead atoms. The summed E-state index contributed by atoms with van der Waals surface area (Å²) >= 11 is 2.41. The standard InChI is InChI=1S/C14H16N4O3S2.ClH/c1-3-21-11(19)7-22-14-18-17-13(23-14)16-12(20)10-6-9(15)5-4-8(10)2;/h4-6H,3,7,15H2,1-2H3,(H,16,17,20);1H. The van der Waals surface area contributed by atoms with Crippen molar-refractivity contribution in [3.8, 4) is 0 Å². The summed E-state index contributed by atoms with van der Waals surface area (Å²) in [7, 11) is 0. The second kappa shape index (κ2) is 9.45. The molecule has 0 fully saturated rings. The highest BCUT2D eigenvalue weighted by Gasteiger charge is 2.14. The van der Waals surface area contributed by atoms with Gasteiger partial charge in [0.25, 0.3) is 5.91 Å². The largest absolute Gasteiger partial charge is 0.465 e. The van der Waals surface area contributed by atoms with Crippen LogP contribution in [0.3, 0.4) is 0 Å². The fourth-order valence-electron chi connectivity index (χ4n) is 1.69. The van der Waals surface area contributed by atoms with Crippen LogP contribution < -0.4 is 11.1 Å². The number of ether oxygens (including phenoxy) is 1. The number of nitrogens with two attached hydrogens (primary N) is 1. The van der Waals surface area contributed by atoms with Gasteiger partial charge in [0.1, 0.15) is 0 Å². The quantitative estimate of drug-likeness (QED) is 0.339. The predicted octanol–water partition coefficient (Wildman–Crippen LogP) is 2.76. The summed E-state index contributed by atoms with van der Waals surface area (Å²) in [6.07, 6.45) is 0. The molecule has 1 aromatic carbocycles. The number of aryl methyl sites for hydroxylation is 1. The van der Waals surface area contributed by atoms with E-state index in [0.717, 1.165) is 5.56 Å². The second-order valence-electron chi connectivity index (χ2n) is 4.50. The lowest BCUT2D eigenvalue weighted by Crippen LogP contribution is -2.13. The Kier molecular flexibility index (Phi) is 7.96. The van der Waals surface area contributed by atoms with Crippen LogP contribution >= 0.6 is 35.5 Å². The van der Waals surface area contributed by atoms with Crippen LogP contribution in [0.2, 0.25) is 0 Å². The average Bonchev–Trinajstić information content (AvgIpc) is 2.95. The molecule has 0 aliphatic rings. The van der Waals surface area contributed by atoms with Crippen molar-refractivity contribution in [3.05, 3.63) is 29.3 Å². The van der Waals surface area contributed by atoms with Crippen molar-refractivity contribution in [2.24, 2.45) is 0 Å². The van der Waals surface area contributed by atoms with Crippen molar-refractivity contribution in [2.75, 3.05) is 23.4 Å². The number of carbonyl (C=O) groups excluding carboxylic acids is 2. The molecule has 0 spiro atoms. The number of hydrogen-bond acceptors (Lipinski definition) is 8. The first-order valence-corrected chi connectivity index (χ1v) is 8.59. The Bertz CT molecular complexity index is 724. The van der Waals surface area contributed by atoms with E-state index in [1.165, 1.54) is 23.1 Å². The lowest BCUT2D eigenvalue weighted by atomic mass is 10.1. The van der Waals surface area contributed by atoms with Gasteiger partial charge < -0.3 is 10.5 Å². The van der Waals surface area contributed by atoms with Gasteiger partial charge in [0.15, 0.2) is 4.34 Å². The number of nitrogens with one attached hydrogen (secondary N) is 1. The van der Waals surface area contributed by atoms with Crippen molar-refractivity contribution in [1.29, 1.82) is 0 Å². The third-order valence-corrected chi connectivity index (χ3v) is 4.70. The van der Waals surface area contributed by atoms with Gasteiger partial charge in [0, 0.05) is 11.3 Å². The van der Waals surface area contributed by atoms with Gasteiger partial charge in [-0.1, -0.05) is 29.2 Å². The normalized spacial score (nSPS) is 9.92. The third-order valence-electron chi connectivity index (χ3n) is 2.75. The monoisotopic (exact) mass is 388 g/mol. The highest BCUT2D eigenvalue weighted by atomic mass is 35.5. The van der Waals surface area contributed by atoms with Gasteiger partial charge in [-0.2, -0.15) is 0 Å². The minimum atomic E-state index is -0.311. The van der Waals surface area contributed by atoms with E-state index >= 15 is 0 Å². The SMILES string of the molecule is CCOC(=O)CSc1nnc(NC(=O)c2cc(N)ccc2C)s1.Cl. The zero-order valence-corrected chi connectivity index (χ0v) is 15.5. The lowest BCUT2D eigenvalue weighted by molar-refractivity contribution is -0.139. The van der Waals surface area contributed by atoms with E-state index in [1.807, 2.05) is 6.92 Å². The zero-order valence-electron chi connectivity index (χ0n) is 13.1. The fourth-order valence-corrected chi connectivity index (χ4v) is 3.24. The fraction of sp³-hybridized carbons (Fsp3) is 0.286. The van der Waals surface area contributed by atoms with Crippen molar-refractivity contribution >= 4 is 58.2 Å². The molecular formula is C14H17ClN4O3S2. The molecule has 1 heterocycles. The summed E-state index contributed by atoms with van der Waals surface area (Å²) in [6, 6.07) is 5.13. The molecule has 0 saturated heterocycles. The molecule has 24 heavy (non-hydrogen) atoms. The molecule has 130 valence electrons. The Morgan fingerprint density at radius 3 is 2.83 bits per heavy atom. The summed E-state index contributed by atoms with van der Waals surface area (Å²) in [5.74, 6) is -0.452. The first-order chi connectivity index (χ1) is 11.0. The number of amides is 1. The molecule has 2 rings (SSSR count). The van der Waals surface area contributed by atoms with Gasteiger partial charge in [-0.25, -0.2) is 0 Å². The Hall–Kier alpha value is -1.84. The Morgan fingerprint density at radius 2 is 2.12 bits per heavy atom. The number of benzene rings is 1. The molecule has 0 radical (unpaired) electrons. The molecule has 2 aromatic rings. The van der Waals surface area contributed by atoms with E-state index in [2.05, 4.69) is 15.5 Å². The summed E-state index contributed by atoms with van der Waals surface area (Å²) in [5, 5.41) is 10.9. The minimum Gasteiger partial charge on any atom is -0.465 e. The molecule has 0 saturated carbocycles. The van der Waals surface area contributed by atoms with Crippen molar-refractivity contribution in [1.82, 2.24) is 10.2 Å². The van der Waals surface area contributed by atoms with Gasteiger partial charge in [0.2, 0.25) is 5.13 Å². The van der Waals surface area contributed by atoms with E-state index in [1.54, 1.807) is 25.1 Å². The van der Waals surface area contributed by atoms with Crippen LogP contribution in [0.1, 0.15) is 22.8 Å². The number of anilines is 2. The first-order valence-electron chi connectivity index (χ1n) is 6.79. The van der Waals surface area contributed by atoms with Crippen LogP contribution in [0.5, 0.6) is 0 Å². The molecule has 0 atom stereocenters. The topological polar surface area (TPSA) is 107 Å². The average molecular weight is 389 g/mol. The Labute approximate surface area is 153 Å². The third kappa shape index (κ3) is 5.66. The second-order valence-corrected chi connectivity index (χ2v) is 6.70. The first kappa shape index (κ1) is 20.2. The maximum absolute atomic E-state index is 12.2. The van der Waals surface area contributed by atoms with Crippen LogP contribution in [0.15, 0.2) is 22.5 Å². The van der Waals surface area contributed by atoms with Crippen LogP contribution in [-0.4, -0.2) is 34.4 Å². The predicted molar refractivity (Wildman–Crippen MR) is 98.1 cm³/mol. The van der Waals surface area contributed by atoms with Crippen LogP contribution in [0, 0.1) is 6.92 Å². The smallest absolute Gasteiger partial charge is 0.316 e. The number of esters is 1.